The summed E-state index contributed by atoms with van der Waals surface area (Å²) < 4.78 is 14.0. The highest BCUT2D eigenvalue weighted by atomic mass is 19.1. The van der Waals surface area contributed by atoms with Gasteiger partial charge in [-0.25, -0.2) is 14.4 Å². The summed E-state index contributed by atoms with van der Waals surface area (Å²) in [7, 11) is 0. The van der Waals surface area contributed by atoms with Crippen LogP contribution in [0.15, 0.2) is 36.7 Å². The molecular formula is C13H14FN3. The van der Waals surface area contributed by atoms with Crippen LogP contribution in [0.5, 0.6) is 0 Å². The minimum absolute atomic E-state index is 0.0862. The normalized spacial score (nSPS) is 12.4. The highest BCUT2D eigenvalue weighted by Gasteiger charge is 2.17. The summed E-state index contributed by atoms with van der Waals surface area (Å²) in [6.07, 6.45) is 1.36. The molecule has 2 N–H and O–H groups in total. The lowest BCUT2D eigenvalue weighted by molar-refractivity contribution is 0.562. The Bertz CT molecular complexity index is 499. The smallest absolute Gasteiger partial charge is 0.168 e. The Hall–Kier alpha value is -1.81. The number of hydrogen-bond donors (Lipinski definition) is 1. The van der Waals surface area contributed by atoms with Crippen molar-refractivity contribution in [3.63, 3.8) is 0 Å². The molecule has 1 aromatic carbocycles. The first-order valence-electron chi connectivity index (χ1n) is 5.48. The van der Waals surface area contributed by atoms with Crippen LogP contribution in [0.25, 0.3) is 0 Å². The summed E-state index contributed by atoms with van der Waals surface area (Å²) in [6.45, 7) is 2.00. The standard InChI is InChI=1S/C13H14FN3/c1-9(10-5-3-2-4-6-10)13-12(14)11(7-15)16-8-17-13/h2-6,8-9H,7,15H2,1H3. The highest BCUT2D eigenvalue weighted by molar-refractivity contribution is 5.28. The maximum Gasteiger partial charge on any atom is 0.168 e. The van der Waals surface area contributed by atoms with Gasteiger partial charge in [-0.05, 0) is 5.56 Å². The number of aromatic nitrogens is 2. The lowest BCUT2D eigenvalue weighted by Crippen LogP contribution is -2.10. The van der Waals surface area contributed by atoms with E-state index in [0.29, 0.717) is 5.69 Å². The van der Waals surface area contributed by atoms with Gasteiger partial charge in [-0.3, -0.25) is 0 Å². The molecule has 88 valence electrons. The van der Waals surface area contributed by atoms with Gasteiger partial charge in [0.05, 0.1) is 11.4 Å². The van der Waals surface area contributed by atoms with E-state index < -0.39 is 5.82 Å². The van der Waals surface area contributed by atoms with Gasteiger partial charge in [0.15, 0.2) is 5.82 Å². The summed E-state index contributed by atoms with van der Waals surface area (Å²) >= 11 is 0. The molecule has 0 saturated heterocycles. The molecule has 1 heterocycles. The fraction of sp³-hybridized carbons (Fsp3) is 0.231. The minimum atomic E-state index is -0.397. The topological polar surface area (TPSA) is 51.8 Å². The van der Waals surface area contributed by atoms with Crippen molar-refractivity contribution in [2.75, 3.05) is 0 Å². The van der Waals surface area contributed by atoms with Gasteiger partial charge in [0.25, 0.3) is 0 Å². The van der Waals surface area contributed by atoms with Gasteiger partial charge in [-0.15, -0.1) is 0 Å². The molecule has 0 bridgehead atoms. The second-order valence-electron chi connectivity index (χ2n) is 3.86. The molecule has 0 aliphatic carbocycles. The van der Waals surface area contributed by atoms with Crippen LogP contribution in [-0.2, 0) is 6.54 Å². The predicted octanol–water partition coefficient (Wildman–Crippen LogP) is 2.23. The van der Waals surface area contributed by atoms with Gasteiger partial charge in [-0.1, -0.05) is 37.3 Å². The van der Waals surface area contributed by atoms with E-state index in [1.165, 1.54) is 6.33 Å². The van der Waals surface area contributed by atoms with Crippen molar-refractivity contribution in [3.8, 4) is 0 Å². The van der Waals surface area contributed by atoms with Gasteiger partial charge < -0.3 is 5.73 Å². The fourth-order valence-corrected chi connectivity index (χ4v) is 1.77. The van der Waals surface area contributed by atoms with Gasteiger partial charge in [0, 0.05) is 12.5 Å². The maximum absolute atomic E-state index is 14.0. The number of nitrogens with zero attached hydrogens (tertiary/aromatic N) is 2. The SMILES string of the molecule is CC(c1ccccc1)c1ncnc(CN)c1F. The lowest BCUT2D eigenvalue weighted by Gasteiger charge is -2.13. The van der Waals surface area contributed by atoms with E-state index in [9.17, 15) is 4.39 Å². The number of halogens is 1. The van der Waals surface area contributed by atoms with E-state index in [1.807, 2.05) is 37.3 Å². The summed E-state index contributed by atoms with van der Waals surface area (Å²) in [5.74, 6) is -0.504. The van der Waals surface area contributed by atoms with Crippen LogP contribution in [0, 0.1) is 5.82 Å². The molecule has 1 atom stereocenters. The molecule has 0 spiro atoms. The molecule has 0 saturated carbocycles. The van der Waals surface area contributed by atoms with E-state index in [4.69, 9.17) is 5.73 Å². The van der Waals surface area contributed by atoms with Crippen LogP contribution in [0.3, 0.4) is 0 Å². The van der Waals surface area contributed by atoms with Crippen LogP contribution >= 0.6 is 0 Å². The van der Waals surface area contributed by atoms with Gasteiger partial charge in [0.2, 0.25) is 0 Å². The van der Waals surface area contributed by atoms with Crippen LogP contribution < -0.4 is 5.73 Å². The molecule has 2 aromatic rings. The molecule has 0 radical (unpaired) electrons. The zero-order valence-corrected chi connectivity index (χ0v) is 9.60. The lowest BCUT2D eigenvalue weighted by atomic mass is 9.97. The van der Waals surface area contributed by atoms with Crippen LogP contribution in [0.1, 0.15) is 29.8 Å². The molecule has 17 heavy (non-hydrogen) atoms. The molecule has 0 aliphatic rings. The quantitative estimate of drug-likeness (QED) is 0.881. The van der Waals surface area contributed by atoms with Crippen molar-refractivity contribution in [1.29, 1.82) is 0 Å². The van der Waals surface area contributed by atoms with Crippen molar-refractivity contribution in [3.05, 3.63) is 59.4 Å². The van der Waals surface area contributed by atoms with Gasteiger partial charge in [-0.2, -0.15) is 0 Å². The Morgan fingerprint density at radius 2 is 1.94 bits per heavy atom. The second-order valence-corrected chi connectivity index (χ2v) is 3.86. The average molecular weight is 231 g/mol. The van der Waals surface area contributed by atoms with Crippen molar-refractivity contribution >= 4 is 0 Å². The summed E-state index contributed by atoms with van der Waals surface area (Å²) in [4.78, 5) is 7.84. The zero-order valence-electron chi connectivity index (χ0n) is 9.60. The number of hydrogen-bond acceptors (Lipinski definition) is 3. The van der Waals surface area contributed by atoms with Crippen LogP contribution in [0.2, 0.25) is 0 Å². The molecule has 1 unspecified atom stereocenters. The summed E-state index contributed by atoms with van der Waals surface area (Å²) in [5.41, 5.74) is 7.11. The Balaban J connectivity index is 2.41. The molecule has 0 fully saturated rings. The van der Waals surface area contributed by atoms with Crippen molar-refractivity contribution in [1.82, 2.24) is 9.97 Å². The average Bonchev–Trinajstić information content (AvgIpc) is 2.39. The Kier molecular flexibility index (Phi) is 3.44. The first kappa shape index (κ1) is 11.7. The van der Waals surface area contributed by atoms with Gasteiger partial charge >= 0.3 is 0 Å². The summed E-state index contributed by atoms with van der Waals surface area (Å²) in [5, 5.41) is 0. The Morgan fingerprint density at radius 3 is 2.59 bits per heavy atom. The first-order chi connectivity index (χ1) is 8.24. The van der Waals surface area contributed by atoms with Gasteiger partial charge in [0.1, 0.15) is 6.33 Å². The minimum Gasteiger partial charge on any atom is -0.325 e. The highest BCUT2D eigenvalue weighted by Crippen LogP contribution is 2.24. The molecular weight excluding hydrogens is 217 g/mol. The van der Waals surface area contributed by atoms with Crippen LogP contribution in [-0.4, -0.2) is 9.97 Å². The van der Waals surface area contributed by atoms with E-state index in [2.05, 4.69) is 9.97 Å². The molecule has 0 aliphatic heterocycles. The van der Waals surface area contributed by atoms with E-state index in [1.54, 1.807) is 0 Å². The number of benzene rings is 1. The Labute approximate surface area is 99.5 Å². The first-order valence-corrected chi connectivity index (χ1v) is 5.48. The maximum atomic E-state index is 14.0. The monoisotopic (exact) mass is 231 g/mol. The molecule has 4 heteroatoms. The molecule has 1 aromatic heterocycles. The number of rotatable bonds is 3. The zero-order chi connectivity index (χ0) is 12.3. The molecule has 2 rings (SSSR count). The van der Waals surface area contributed by atoms with E-state index in [-0.39, 0.29) is 18.2 Å². The van der Waals surface area contributed by atoms with Crippen molar-refractivity contribution in [2.24, 2.45) is 5.73 Å². The fourth-order valence-electron chi connectivity index (χ4n) is 1.77. The third kappa shape index (κ3) is 2.31. The number of nitrogens with two attached hydrogens (primary N) is 1. The van der Waals surface area contributed by atoms with E-state index >= 15 is 0 Å². The van der Waals surface area contributed by atoms with Crippen molar-refractivity contribution in [2.45, 2.75) is 19.4 Å². The third-order valence-corrected chi connectivity index (χ3v) is 2.79. The predicted molar refractivity (Wildman–Crippen MR) is 63.8 cm³/mol. The second kappa shape index (κ2) is 5.01. The Morgan fingerprint density at radius 1 is 1.24 bits per heavy atom. The molecule has 0 amide bonds. The van der Waals surface area contributed by atoms with E-state index in [0.717, 1.165) is 5.56 Å². The van der Waals surface area contributed by atoms with Crippen LogP contribution in [0.4, 0.5) is 4.39 Å². The molecule has 3 nitrogen and oxygen atoms in total. The largest absolute Gasteiger partial charge is 0.325 e. The third-order valence-electron chi connectivity index (χ3n) is 2.79. The summed E-state index contributed by atoms with van der Waals surface area (Å²) in [6, 6.07) is 9.68. The van der Waals surface area contributed by atoms with Crippen molar-refractivity contribution < 1.29 is 4.39 Å².